The number of alkyl halides is 2. The third-order valence-corrected chi connectivity index (χ3v) is 2.84. The summed E-state index contributed by atoms with van der Waals surface area (Å²) in [5.74, 6) is 0. The van der Waals surface area contributed by atoms with E-state index in [-0.39, 0.29) is 25.0 Å². The van der Waals surface area contributed by atoms with Crippen molar-refractivity contribution in [3.8, 4) is 0 Å². The summed E-state index contributed by atoms with van der Waals surface area (Å²) in [7, 11) is 0. The van der Waals surface area contributed by atoms with Gasteiger partial charge in [0.05, 0.1) is 23.6 Å². The van der Waals surface area contributed by atoms with Crippen LogP contribution in [0.25, 0.3) is 0 Å². The largest absolute Gasteiger partial charge is 0.377 e. The quantitative estimate of drug-likeness (QED) is 0.921. The summed E-state index contributed by atoms with van der Waals surface area (Å²) in [4.78, 5) is 0. The Balaban J connectivity index is 0.00000200. The molecule has 0 saturated carbocycles. The monoisotopic (exact) mass is 305 g/mol. The van der Waals surface area contributed by atoms with Crippen molar-refractivity contribution in [1.29, 1.82) is 0 Å². The molecule has 0 amide bonds. The predicted octanol–water partition coefficient (Wildman–Crippen LogP) is 3.40. The molecule has 112 valence electrons. The first-order chi connectivity index (χ1) is 8.99. The fourth-order valence-corrected chi connectivity index (χ4v) is 1.76. The number of halogens is 3. The van der Waals surface area contributed by atoms with Crippen molar-refractivity contribution in [2.24, 2.45) is 0 Å². The third kappa shape index (κ3) is 3.47. The second kappa shape index (κ2) is 6.69. The van der Waals surface area contributed by atoms with Crippen molar-refractivity contribution in [3.63, 3.8) is 0 Å². The average Bonchev–Trinajstić information content (AvgIpc) is 2.92. The molecule has 0 aliphatic rings. The molecule has 2 heterocycles. The lowest BCUT2D eigenvalue weighted by atomic mass is 10.3. The molecular formula is C12H18ClF2N5. The lowest BCUT2D eigenvalue weighted by molar-refractivity contribution is 0.0537. The molecule has 0 aliphatic heterocycles. The van der Waals surface area contributed by atoms with Gasteiger partial charge in [-0.1, -0.05) is 0 Å². The predicted molar refractivity (Wildman–Crippen MR) is 75.4 cm³/mol. The Morgan fingerprint density at radius 1 is 1.35 bits per heavy atom. The first-order valence-corrected chi connectivity index (χ1v) is 6.09. The molecule has 0 aromatic carbocycles. The van der Waals surface area contributed by atoms with Gasteiger partial charge < -0.3 is 5.32 Å². The number of anilines is 1. The molecule has 0 atom stereocenters. The van der Waals surface area contributed by atoms with Crippen molar-refractivity contribution in [2.75, 3.05) is 5.32 Å². The van der Waals surface area contributed by atoms with Crippen LogP contribution in [0.2, 0.25) is 0 Å². The van der Waals surface area contributed by atoms with E-state index in [1.165, 1.54) is 6.20 Å². The number of aromatic nitrogens is 4. The van der Waals surface area contributed by atoms with Crippen LogP contribution in [0.4, 0.5) is 14.5 Å². The SMILES string of the molecule is Cc1nn(C(C)C)cc1NCc1ccnn1C(F)F.Cl. The maximum atomic E-state index is 12.6. The van der Waals surface area contributed by atoms with Gasteiger partial charge in [-0.3, -0.25) is 4.68 Å². The van der Waals surface area contributed by atoms with Crippen LogP contribution in [-0.2, 0) is 6.54 Å². The van der Waals surface area contributed by atoms with E-state index in [1.54, 1.807) is 6.07 Å². The maximum absolute atomic E-state index is 12.6. The Labute approximate surface area is 122 Å². The number of rotatable bonds is 5. The van der Waals surface area contributed by atoms with E-state index in [0.29, 0.717) is 10.4 Å². The minimum atomic E-state index is -2.62. The summed E-state index contributed by atoms with van der Waals surface area (Å²) < 4.78 is 27.8. The molecular weight excluding hydrogens is 288 g/mol. The number of hydrogen-bond donors (Lipinski definition) is 1. The van der Waals surface area contributed by atoms with Crippen molar-refractivity contribution >= 4 is 18.1 Å². The fraction of sp³-hybridized carbons (Fsp3) is 0.500. The molecule has 2 aromatic heterocycles. The molecule has 0 aliphatic carbocycles. The minimum absolute atomic E-state index is 0. The topological polar surface area (TPSA) is 47.7 Å². The number of hydrogen-bond acceptors (Lipinski definition) is 3. The first-order valence-electron chi connectivity index (χ1n) is 6.09. The van der Waals surface area contributed by atoms with E-state index in [0.717, 1.165) is 11.4 Å². The fourth-order valence-electron chi connectivity index (χ4n) is 1.76. The minimum Gasteiger partial charge on any atom is -0.377 e. The molecule has 0 fully saturated rings. The molecule has 8 heteroatoms. The van der Waals surface area contributed by atoms with E-state index >= 15 is 0 Å². The van der Waals surface area contributed by atoms with E-state index in [2.05, 4.69) is 15.5 Å². The van der Waals surface area contributed by atoms with Gasteiger partial charge in [0.15, 0.2) is 0 Å². The molecule has 2 rings (SSSR count). The Morgan fingerprint density at radius 3 is 2.60 bits per heavy atom. The zero-order chi connectivity index (χ0) is 14.0. The average molecular weight is 306 g/mol. The van der Waals surface area contributed by atoms with Gasteiger partial charge in [-0.05, 0) is 26.8 Å². The van der Waals surface area contributed by atoms with Crippen LogP contribution in [-0.4, -0.2) is 19.6 Å². The number of nitrogens with one attached hydrogen (secondary N) is 1. The highest BCUT2D eigenvalue weighted by Crippen LogP contribution is 2.18. The van der Waals surface area contributed by atoms with Crippen molar-refractivity contribution in [2.45, 2.75) is 39.9 Å². The van der Waals surface area contributed by atoms with Crippen LogP contribution in [0, 0.1) is 6.92 Å². The van der Waals surface area contributed by atoms with Crippen molar-refractivity contribution in [3.05, 3.63) is 29.8 Å². The van der Waals surface area contributed by atoms with Crippen molar-refractivity contribution in [1.82, 2.24) is 19.6 Å². The van der Waals surface area contributed by atoms with Crippen LogP contribution < -0.4 is 5.32 Å². The van der Waals surface area contributed by atoms with Gasteiger partial charge in [-0.25, -0.2) is 4.68 Å². The molecule has 0 unspecified atom stereocenters. The first kappa shape index (κ1) is 16.4. The van der Waals surface area contributed by atoms with Gasteiger partial charge in [-0.15, -0.1) is 12.4 Å². The Bertz CT molecular complexity index is 550. The Hall–Kier alpha value is -1.63. The summed E-state index contributed by atoms with van der Waals surface area (Å²) in [5.41, 5.74) is 2.12. The summed E-state index contributed by atoms with van der Waals surface area (Å²) in [6, 6.07) is 1.84. The second-order valence-corrected chi connectivity index (χ2v) is 4.60. The van der Waals surface area contributed by atoms with Crippen LogP contribution in [0.1, 0.15) is 37.8 Å². The molecule has 0 saturated heterocycles. The highest BCUT2D eigenvalue weighted by Gasteiger charge is 2.12. The molecule has 5 nitrogen and oxygen atoms in total. The summed E-state index contributed by atoms with van der Waals surface area (Å²) in [6.07, 6.45) is 3.25. The highest BCUT2D eigenvalue weighted by atomic mass is 35.5. The van der Waals surface area contributed by atoms with Gasteiger partial charge in [0.2, 0.25) is 0 Å². The van der Waals surface area contributed by atoms with E-state index in [1.807, 2.05) is 31.6 Å². The summed E-state index contributed by atoms with van der Waals surface area (Å²) in [5, 5.41) is 11.0. The third-order valence-electron chi connectivity index (χ3n) is 2.84. The standard InChI is InChI=1S/C12H17F2N5.ClH/c1-8(2)18-7-11(9(3)17-18)15-6-10-4-5-16-19(10)12(13)14;/h4-5,7-8,12,15H,6H2,1-3H3;1H. The van der Waals surface area contributed by atoms with Gasteiger partial charge in [0.25, 0.3) is 0 Å². The van der Waals surface area contributed by atoms with Crippen LogP contribution >= 0.6 is 12.4 Å². The molecule has 20 heavy (non-hydrogen) atoms. The maximum Gasteiger partial charge on any atom is 0.333 e. The van der Waals surface area contributed by atoms with E-state index < -0.39 is 6.55 Å². The van der Waals surface area contributed by atoms with E-state index in [4.69, 9.17) is 0 Å². The lowest BCUT2D eigenvalue weighted by Crippen LogP contribution is -2.09. The Morgan fingerprint density at radius 2 is 2.05 bits per heavy atom. The summed E-state index contributed by atoms with van der Waals surface area (Å²) in [6.45, 7) is 3.61. The number of aryl methyl sites for hydroxylation is 1. The van der Waals surface area contributed by atoms with Crippen LogP contribution in [0.15, 0.2) is 18.5 Å². The lowest BCUT2D eigenvalue weighted by Gasteiger charge is -2.07. The molecule has 0 bridgehead atoms. The Kier molecular flexibility index (Phi) is 5.50. The smallest absolute Gasteiger partial charge is 0.333 e. The molecule has 1 N–H and O–H groups in total. The molecule has 0 spiro atoms. The molecule has 2 aromatic rings. The zero-order valence-corrected chi connectivity index (χ0v) is 12.4. The highest BCUT2D eigenvalue weighted by molar-refractivity contribution is 5.85. The zero-order valence-electron chi connectivity index (χ0n) is 11.5. The van der Waals surface area contributed by atoms with Gasteiger partial charge in [-0.2, -0.15) is 19.0 Å². The van der Waals surface area contributed by atoms with Gasteiger partial charge >= 0.3 is 6.55 Å². The van der Waals surface area contributed by atoms with Crippen molar-refractivity contribution < 1.29 is 8.78 Å². The van der Waals surface area contributed by atoms with E-state index in [9.17, 15) is 8.78 Å². The number of nitrogens with zero attached hydrogens (tertiary/aromatic N) is 4. The van der Waals surface area contributed by atoms with Gasteiger partial charge in [0, 0.05) is 18.4 Å². The molecule has 0 radical (unpaired) electrons. The summed E-state index contributed by atoms with van der Waals surface area (Å²) >= 11 is 0. The van der Waals surface area contributed by atoms with Gasteiger partial charge in [0.1, 0.15) is 0 Å². The van der Waals surface area contributed by atoms with Crippen LogP contribution in [0.3, 0.4) is 0 Å². The van der Waals surface area contributed by atoms with Crippen LogP contribution in [0.5, 0.6) is 0 Å². The normalized spacial score (nSPS) is 10.9. The second-order valence-electron chi connectivity index (χ2n) is 4.60.